The average molecular weight is 190 g/mol. The van der Waals surface area contributed by atoms with Crippen LogP contribution in [0.4, 0.5) is 0 Å². The highest BCUT2D eigenvalue weighted by atomic mass is 32.2. The third-order valence-corrected chi connectivity index (χ3v) is 3.22. The Hall–Kier alpha value is -0.390. The van der Waals surface area contributed by atoms with Crippen molar-refractivity contribution in [2.45, 2.75) is 0 Å². The lowest BCUT2D eigenvalue weighted by atomic mass is 10.6. The Morgan fingerprint density at radius 3 is 2.50 bits per heavy atom. The monoisotopic (exact) mass is 190 g/mol. The van der Waals surface area contributed by atoms with Crippen LogP contribution in [0.1, 0.15) is 0 Å². The van der Waals surface area contributed by atoms with E-state index in [2.05, 4.69) is 9.62 Å². The van der Waals surface area contributed by atoms with E-state index in [4.69, 9.17) is 0 Å². The number of hydrogen-bond acceptors (Lipinski definition) is 3. The Morgan fingerprint density at radius 2 is 2.00 bits per heavy atom. The first-order chi connectivity index (χ1) is 5.64. The van der Waals surface area contributed by atoms with Gasteiger partial charge in [0.2, 0.25) is 10.0 Å². The fraction of sp³-hybridized carbons (Fsp3) is 0.714. The third-order valence-electron chi connectivity index (χ3n) is 1.88. The number of nitrogens with one attached hydrogen (secondary N) is 1. The second-order valence-electron chi connectivity index (χ2n) is 2.75. The van der Waals surface area contributed by atoms with Crippen LogP contribution in [0.5, 0.6) is 0 Å². The molecule has 0 fully saturated rings. The fourth-order valence-electron chi connectivity index (χ4n) is 1.06. The zero-order valence-corrected chi connectivity index (χ0v) is 7.97. The molecular weight excluding hydrogens is 176 g/mol. The van der Waals surface area contributed by atoms with Crippen LogP contribution in [0.3, 0.4) is 0 Å². The van der Waals surface area contributed by atoms with Gasteiger partial charge in [0.05, 0.1) is 5.75 Å². The molecule has 1 heterocycles. The van der Waals surface area contributed by atoms with Crippen LogP contribution in [0.25, 0.3) is 0 Å². The predicted molar refractivity (Wildman–Crippen MR) is 48.4 cm³/mol. The van der Waals surface area contributed by atoms with Gasteiger partial charge in [-0.15, -0.1) is 0 Å². The van der Waals surface area contributed by atoms with Gasteiger partial charge in [-0.25, -0.2) is 13.1 Å². The van der Waals surface area contributed by atoms with Gasteiger partial charge in [-0.1, -0.05) is 12.2 Å². The van der Waals surface area contributed by atoms with Crippen LogP contribution < -0.4 is 4.72 Å². The highest BCUT2D eigenvalue weighted by Gasteiger charge is 2.11. The molecule has 0 aromatic carbocycles. The van der Waals surface area contributed by atoms with Crippen LogP contribution in [-0.4, -0.2) is 45.8 Å². The average Bonchev–Trinajstić information content (AvgIpc) is 2.53. The van der Waals surface area contributed by atoms with Gasteiger partial charge in [0.1, 0.15) is 0 Å². The largest absolute Gasteiger partial charge is 0.295 e. The smallest absolute Gasteiger partial charge is 0.212 e. The fourth-order valence-corrected chi connectivity index (χ4v) is 1.76. The lowest BCUT2D eigenvalue weighted by Crippen LogP contribution is -2.31. The molecule has 0 unspecified atom stereocenters. The summed E-state index contributed by atoms with van der Waals surface area (Å²) in [7, 11) is -1.58. The molecule has 1 aliphatic rings. The van der Waals surface area contributed by atoms with E-state index in [-0.39, 0.29) is 5.75 Å². The van der Waals surface area contributed by atoms with Crippen molar-refractivity contribution in [2.24, 2.45) is 0 Å². The summed E-state index contributed by atoms with van der Waals surface area (Å²) < 4.78 is 24.3. The predicted octanol–water partition coefficient (Wildman–Crippen LogP) is -0.593. The summed E-state index contributed by atoms with van der Waals surface area (Å²) in [5.74, 6) is 0.186. The van der Waals surface area contributed by atoms with Crippen molar-refractivity contribution in [2.75, 3.05) is 32.4 Å². The lowest BCUT2D eigenvalue weighted by Gasteiger charge is -2.13. The van der Waals surface area contributed by atoms with Crippen molar-refractivity contribution < 1.29 is 8.42 Å². The van der Waals surface area contributed by atoms with E-state index in [9.17, 15) is 8.42 Å². The second kappa shape index (κ2) is 4.02. The highest BCUT2D eigenvalue weighted by molar-refractivity contribution is 7.89. The van der Waals surface area contributed by atoms with Crippen LogP contribution >= 0.6 is 0 Å². The molecule has 0 bridgehead atoms. The van der Waals surface area contributed by atoms with Crippen LogP contribution in [0.15, 0.2) is 12.2 Å². The molecule has 12 heavy (non-hydrogen) atoms. The van der Waals surface area contributed by atoms with E-state index < -0.39 is 10.0 Å². The van der Waals surface area contributed by atoms with Gasteiger partial charge >= 0.3 is 0 Å². The molecule has 0 aromatic rings. The Kier molecular flexibility index (Phi) is 3.25. The van der Waals surface area contributed by atoms with E-state index in [1.54, 1.807) is 0 Å². The zero-order chi connectivity index (χ0) is 9.03. The Balaban J connectivity index is 2.26. The van der Waals surface area contributed by atoms with Crippen molar-refractivity contribution in [3.05, 3.63) is 12.2 Å². The quantitative estimate of drug-likeness (QED) is 0.603. The van der Waals surface area contributed by atoms with Gasteiger partial charge in [-0.3, -0.25) is 4.90 Å². The first kappa shape index (κ1) is 9.70. The molecule has 1 N–H and O–H groups in total. The topological polar surface area (TPSA) is 49.4 Å². The number of rotatable bonds is 4. The van der Waals surface area contributed by atoms with Crippen LogP contribution in [0.2, 0.25) is 0 Å². The maximum atomic E-state index is 11.0. The number of hydrogen-bond donors (Lipinski definition) is 1. The van der Waals surface area contributed by atoms with Crippen LogP contribution in [-0.2, 0) is 10.0 Å². The van der Waals surface area contributed by atoms with Crippen molar-refractivity contribution in [3.63, 3.8) is 0 Å². The normalized spacial score (nSPS) is 18.8. The maximum absolute atomic E-state index is 11.0. The lowest BCUT2D eigenvalue weighted by molar-refractivity contribution is 0.373. The molecule has 0 amide bonds. The van der Waals surface area contributed by atoms with E-state index in [1.165, 1.54) is 7.05 Å². The molecule has 0 saturated carbocycles. The van der Waals surface area contributed by atoms with Crippen LogP contribution in [0, 0.1) is 0 Å². The summed E-state index contributed by atoms with van der Waals surface area (Å²) in [5, 5.41) is 0. The molecule has 0 radical (unpaired) electrons. The Morgan fingerprint density at radius 1 is 1.42 bits per heavy atom. The minimum Gasteiger partial charge on any atom is -0.295 e. The van der Waals surface area contributed by atoms with E-state index >= 15 is 0 Å². The minimum absolute atomic E-state index is 0.186. The molecule has 0 atom stereocenters. The molecule has 1 rings (SSSR count). The standard InChI is InChI=1S/C7H14N2O2S/c1-8-12(10,11)7-6-9-4-2-3-5-9/h2-3,8H,4-7H2,1H3. The molecule has 0 aromatic heterocycles. The van der Waals surface area contributed by atoms with Crippen molar-refractivity contribution >= 4 is 10.0 Å². The van der Waals surface area contributed by atoms with E-state index in [0.29, 0.717) is 6.54 Å². The zero-order valence-electron chi connectivity index (χ0n) is 7.16. The second-order valence-corrected chi connectivity index (χ2v) is 4.80. The molecule has 0 saturated heterocycles. The summed E-state index contributed by atoms with van der Waals surface area (Å²) >= 11 is 0. The van der Waals surface area contributed by atoms with E-state index in [1.807, 2.05) is 12.2 Å². The molecular formula is C7H14N2O2S. The van der Waals surface area contributed by atoms with E-state index in [0.717, 1.165) is 13.1 Å². The van der Waals surface area contributed by atoms with Crippen molar-refractivity contribution in [1.29, 1.82) is 0 Å². The molecule has 70 valence electrons. The number of sulfonamides is 1. The summed E-state index contributed by atoms with van der Waals surface area (Å²) in [6.45, 7) is 2.36. The maximum Gasteiger partial charge on any atom is 0.212 e. The molecule has 0 spiro atoms. The first-order valence-electron chi connectivity index (χ1n) is 3.92. The van der Waals surface area contributed by atoms with Gasteiger partial charge in [-0.2, -0.15) is 0 Å². The molecule has 0 aliphatic carbocycles. The SMILES string of the molecule is CNS(=O)(=O)CCN1CC=CC1. The molecule has 4 nitrogen and oxygen atoms in total. The first-order valence-corrected chi connectivity index (χ1v) is 5.58. The van der Waals surface area contributed by atoms with Crippen molar-refractivity contribution in [1.82, 2.24) is 9.62 Å². The van der Waals surface area contributed by atoms with Gasteiger partial charge in [-0.05, 0) is 7.05 Å². The van der Waals surface area contributed by atoms with Gasteiger partial charge < -0.3 is 0 Å². The number of nitrogens with zero attached hydrogens (tertiary/aromatic N) is 1. The highest BCUT2D eigenvalue weighted by Crippen LogP contribution is 1.98. The summed E-state index contributed by atoms with van der Waals surface area (Å²) in [6.07, 6.45) is 4.10. The van der Waals surface area contributed by atoms with Gasteiger partial charge in [0.15, 0.2) is 0 Å². The van der Waals surface area contributed by atoms with Crippen molar-refractivity contribution in [3.8, 4) is 0 Å². The summed E-state index contributed by atoms with van der Waals surface area (Å²) in [5.41, 5.74) is 0. The Labute approximate surface area is 73.3 Å². The summed E-state index contributed by atoms with van der Waals surface area (Å²) in [4.78, 5) is 2.08. The third kappa shape index (κ3) is 2.92. The van der Waals surface area contributed by atoms with Gasteiger partial charge in [0, 0.05) is 19.6 Å². The summed E-state index contributed by atoms with van der Waals surface area (Å²) in [6, 6.07) is 0. The minimum atomic E-state index is -3.03. The molecule has 5 heteroatoms. The molecule has 1 aliphatic heterocycles. The van der Waals surface area contributed by atoms with Gasteiger partial charge in [0.25, 0.3) is 0 Å². The Bertz CT molecular complexity index is 251.